The Balaban J connectivity index is 2.01. The summed E-state index contributed by atoms with van der Waals surface area (Å²) in [5.74, 6) is -0.741. The Morgan fingerprint density at radius 1 is 1.07 bits per heavy atom. The van der Waals surface area contributed by atoms with Crippen molar-refractivity contribution in [3.63, 3.8) is 0 Å². The van der Waals surface area contributed by atoms with Crippen LogP contribution in [0.3, 0.4) is 0 Å². The van der Waals surface area contributed by atoms with Crippen LogP contribution in [0.2, 0.25) is 10.0 Å². The van der Waals surface area contributed by atoms with Gasteiger partial charge in [0.1, 0.15) is 0 Å². The van der Waals surface area contributed by atoms with E-state index in [1.165, 1.54) is 12.1 Å². The van der Waals surface area contributed by atoms with Crippen molar-refractivity contribution in [3.05, 3.63) is 63.6 Å². The number of carbonyl (C=O) groups excluding carboxylic acids is 2. The molecule has 3 N–H and O–H groups in total. The summed E-state index contributed by atoms with van der Waals surface area (Å²) in [6.45, 7) is 1.04. The zero-order valence-corrected chi connectivity index (χ0v) is 17.4. The number of thiocarbonyl (C=S) groups is 1. The van der Waals surface area contributed by atoms with Crippen LogP contribution in [-0.4, -0.2) is 37.2 Å². The number of rotatable bonds is 7. The van der Waals surface area contributed by atoms with Crippen molar-refractivity contribution >= 4 is 58.0 Å². The fourth-order valence-corrected chi connectivity index (χ4v) is 3.00. The summed E-state index contributed by atoms with van der Waals surface area (Å²) in [5.41, 5.74) is 1.11. The van der Waals surface area contributed by atoms with Crippen LogP contribution in [0, 0.1) is 0 Å². The fraction of sp³-hybridized carbons (Fsp3) is 0.211. The van der Waals surface area contributed by atoms with Gasteiger partial charge in [-0.05, 0) is 49.0 Å². The molecule has 28 heavy (non-hydrogen) atoms. The molecule has 148 valence electrons. The van der Waals surface area contributed by atoms with E-state index in [2.05, 4.69) is 16.0 Å². The number of nitrogens with one attached hydrogen (secondary N) is 3. The van der Waals surface area contributed by atoms with E-state index < -0.39 is 5.91 Å². The Kier molecular flexibility index (Phi) is 8.66. The first-order valence-electron chi connectivity index (χ1n) is 8.36. The van der Waals surface area contributed by atoms with Gasteiger partial charge in [0.05, 0.1) is 21.8 Å². The van der Waals surface area contributed by atoms with Crippen molar-refractivity contribution in [3.8, 4) is 0 Å². The zero-order chi connectivity index (χ0) is 20.5. The topological polar surface area (TPSA) is 79.5 Å². The van der Waals surface area contributed by atoms with E-state index in [0.717, 1.165) is 0 Å². The van der Waals surface area contributed by atoms with E-state index in [4.69, 9.17) is 40.2 Å². The van der Waals surface area contributed by atoms with Gasteiger partial charge in [0.25, 0.3) is 11.8 Å². The van der Waals surface area contributed by atoms with Crippen LogP contribution in [0.25, 0.3) is 0 Å². The Bertz CT molecular complexity index is 877. The van der Waals surface area contributed by atoms with E-state index in [1.807, 2.05) is 0 Å². The lowest BCUT2D eigenvalue weighted by Gasteiger charge is -2.14. The third-order valence-corrected chi connectivity index (χ3v) is 4.39. The molecule has 2 amide bonds. The average molecular weight is 440 g/mol. The first kappa shape index (κ1) is 22.1. The number of carbonyl (C=O) groups is 2. The number of ether oxygens (including phenoxy) is 1. The molecule has 0 fully saturated rings. The molecule has 0 radical (unpaired) electrons. The van der Waals surface area contributed by atoms with Crippen molar-refractivity contribution in [2.75, 3.05) is 25.6 Å². The Morgan fingerprint density at radius 2 is 1.82 bits per heavy atom. The summed E-state index contributed by atoms with van der Waals surface area (Å²) >= 11 is 17.1. The highest BCUT2D eigenvalue weighted by molar-refractivity contribution is 7.80. The lowest BCUT2D eigenvalue weighted by Crippen LogP contribution is -2.35. The third-order valence-electron chi connectivity index (χ3n) is 3.63. The highest BCUT2D eigenvalue weighted by Gasteiger charge is 2.15. The van der Waals surface area contributed by atoms with E-state index >= 15 is 0 Å². The molecule has 2 rings (SSSR count). The van der Waals surface area contributed by atoms with Crippen LogP contribution in [0.15, 0.2) is 42.5 Å². The molecule has 9 heteroatoms. The van der Waals surface area contributed by atoms with Gasteiger partial charge in [-0.15, -0.1) is 0 Å². The van der Waals surface area contributed by atoms with E-state index in [1.54, 1.807) is 37.4 Å². The zero-order valence-electron chi connectivity index (χ0n) is 15.1. The predicted octanol–water partition coefficient (Wildman–Crippen LogP) is 3.89. The second-order valence-corrected chi connectivity index (χ2v) is 6.93. The summed E-state index contributed by atoms with van der Waals surface area (Å²) < 4.78 is 4.96. The molecule has 2 aromatic rings. The molecule has 0 saturated heterocycles. The molecule has 2 aromatic carbocycles. The van der Waals surface area contributed by atoms with Crippen molar-refractivity contribution in [1.82, 2.24) is 10.6 Å². The minimum absolute atomic E-state index is 0.0376. The molecule has 0 spiro atoms. The standard InChI is InChI=1S/C19H19Cl2N3O3S/c1-27-10-4-9-22-17(25)14-5-2-3-6-16(14)23-19(28)24-18(26)13-8-7-12(20)11-15(13)21/h2-3,5-8,11H,4,9-10H2,1H3,(H,22,25)(H2,23,24,26,28). The van der Waals surface area contributed by atoms with Gasteiger partial charge in [-0.1, -0.05) is 35.3 Å². The molecule has 0 heterocycles. The van der Waals surface area contributed by atoms with Crippen molar-refractivity contribution in [2.45, 2.75) is 6.42 Å². The number of amides is 2. The smallest absolute Gasteiger partial charge is 0.258 e. The van der Waals surface area contributed by atoms with Gasteiger partial charge in [-0.25, -0.2) is 0 Å². The number of hydrogen-bond acceptors (Lipinski definition) is 4. The van der Waals surface area contributed by atoms with Gasteiger partial charge < -0.3 is 15.4 Å². The predicted molar refractivity (Wildman–Crippen MR) is 115 cm³/mol. The van der Waals surface area contributed by atoms with Gasteiger partial charge in [0, 0.05) is 25.3 Å². The van der Waals surface area contributed by atoms with Crippen LogP contribution in [0.5, 0.6) is 0 Å². The highest BCUT2D eigenvalue weighted by atomic mass is 35.5. The number of benzene rings is 2. The second-order valence-electron chi connectivity index (χ2n) is 5.68. The summed E-state index contributed by atoms with van der Waals surface area (Å²) in [5, 5.41) is 8.89. The molecule has 0 saturated carbocycles. The third kappa shape index (κ3) is 6.45. The summed E-state index contributed by atoms with van der Waals surface area (Å²) in [7, 11) is 1.60. The van der Waals surface area contributed by atoms with Gasteiger partial charge in [0.15, 0.2) is 5.11 Å². The maximum absolute atomic E-state index is 12.4. The quantitative estimate of drug-likeness (QED) is 0.450. The summed E-state index contributed by atoms with van der Waals surface area (Å²) in [6, 6.07) is 11.4. The van der Waals surface area contributed by atoms with Crippen LogP contribution >= 0.6 is 35.4 Å². The fourth-order valence-electron chi connectivity index (χ4n) is 2.30. The number of halogens is 2. The van der Waals surface area contributed by atoms with Crippen molar-refractivity contribution in [2.24, 2.45) is 0 Å². The van der Waals surface area contributed by atoms with Gasteiger partial charge in [-0.3, -0.25) is 14.9 Å². The van der Waals surface area contributed by atoms with Gasteiger partial charge >= 0.3 is 0 Å². The maximum Gasteiger partial charge on any atom is 0.258 e. The van der Waals surface area contributed by atoms with Gasteiger partial charge in [0.2, 0.25) is 0 Å². The lowest BCUT2D eigenvalue weighted by atomic mass is 10.1. The van der Waals surface area contributed by atoms with E-state index in [0.29, 0.717) is 35.8 Å². The SMILES string of the molecule is COCCCNC(=O)c1ccccc1NC(=S)NC(=O)c1ccc(Cl)cc1Cl. The van der Waals surface area contributed by atoms with Crippen LogP contribution in [0.1, 0.15) is 27.1 Å². The minimum atomic E-state index is -0.485. The Labute approximate surface area is 178 Å². The monoisotopic (exact) mass is 439 g/mol. The molecule has 0 aliphatic heterocycles. The molecule has 6 nitrogen and oxygen atoms in total. The lowest BCUT2D eigenvalue weighted by molar-refractivity contribution is 0.0947. The average Bonchev–Trinajstić information content (AvgIpc) is 2.65. The largest absolute Gasteiger partial charge is 0.385 e. The molecule has 0 aliphatic carbocycles. The second kappa shape index (κ2) is 11.0. The van der Waals surface area contributed by atoms with Crippen LogP contribution < -0.4 is 16.0 Å². The molecular formula is C19H19Cl2N3O3S. The molecular weight excluding hydrogens is 421 g/mol. The number of methoxy groups -OCH3 is 1. The Morgan fingerprint density at radius 3 is 2.54 bits per heavy atom. The summed E-state index contributed by atoms with van der Waals surface area (Å²) in [4.78, 5) is 24.7. The van der Waals surface area contributed by atoms with E-state index in [-0.39, 0.29) is 21.6 Å². The van der Waals surface area contributed by atoms with Crippen molar-refractivity contribution in [1.29, 1.82) is 0 Å². The summed E-state index contributed by atoms with van der Waals surface area (Å²) in [6.07, 6.45) is 0.703. The molecule has 0 aromatic heterocycles. The van der Waals surface area contributed by atoms with Crippen molar-refractivity contribution < 1.29 is 14.3 Å². The Hall–Kier alpha value is -2.19. The van der Waals surface area contributed by atoms with Crippen LogP contribution in [0.4, 0.5) is 5.69 Å². The molecule has 0 aliphatic rings. The van der Waals surface area contributed by atoms with E-state index in [9.17, 15) is 9.59 Å². The maximum atomic E-state index is 12.4. The highest BCUT2D eigenvalue weighted by Crippen LogP contribution is 2.21. The molecule has 0 bridgehead atoms. The number of hydrogen-bond donors (Lipinski definition) is 3. The normalized spacial score (nSPS) is 10.2. The number of anilines is 1. The van der Waals surface area contributed by atoms with Crippen LogP contribution in [-0.2, 0) is 4.74 Å². The number of para-hydroxylation sites is 1. The first-order chi connectivity index (χ1) is 13.4. The molecule has 0 atom stereocenters. The molecule has 0 unspecified atom stereocenters. The first-order valence-corrected chi connectivity index (χ1v) is 9.52. The van der Waals surface area contributed by atoms with Gasteiger partial charge in [-0.2, -0.15) is 0 Å². The minimum Gasteiger partial charge on any atom is -0.385 e.